The Labute approximate surface area is 179 Å². The number of rotatable bonds is 9. The summed E-state index contributed by atoms with van der Waals surface area (Å²) in [5.74, 6) is -1.07. The SMILES string of the molecule is Br.Br.NCCCC[C@H](NCc1cc2[nH]c(=O)c(=O)[nH]c2cc1[N+](=O)[O-])C(=O)O. The molecule has 156 valence electrons. The van der Waals surface area contributed by atoms with Crippen LogP contribution in [0.5, 0.6) is 0 Å². The minimum absolute atomic E-state index is 0. The third kappa shape index (κ3) is 6.51. The molecule has 28 heavy (non-hydrogen) atoms. The number of H-pyrrole nitrogens is 2. The highest BCUT2D eigenvalue weighted by Gasteiger charge is 2.20. The van der Waals surface area contributed by atoms with Crippen LogP contribution in [0.1, 0.15) is 24.8 Å². The van der Waals surface area contributed by atoms with Gasteiger partial charge in [0.25, 0.3) is 5.69 Å². The number of nitrogens with zero attached hydrogens (tertiary/aromatic N) is 1. The number of halogens is 2. The monoisotopic (exact) mass is 525 g/mol. The second-order valence-corrected chi connectivity index (χ2v) is 5.75. The van der Waals surface area contributed by atoms with Crippen LogP contribution in [0.3, 0.4) is 0 Å². The molecule has 0 saturated heterocycles. The van der Waals surface area contributed by atoms with E-state index in [0.29, 0.717) is 25.8 Å². The Bertz CT molecular complexity index is 945. The number of nitro groups is 1. The second kappa shape index (κ2) is 11.7. The van der Waals surface area contributed by atoms with Crippen LogP contribution in [0.4, 0.5) is 5.69 Å². The van der Waals surface area contributed by atoms with Gasteiger partial charge in [-0.3, -0.25) is 24.5 Å². The predicted octanol–water partition coefficient (Wildman–Crippen LogP) is 0.952. The fourth-order valence-electron chi connectivity index (χ4n) is 2.55. The number of benzene rings is 1. The van der Waals surface area contributed by atoms with Crippen LogP contribution in [0, 0.1) is 10.1 Å². The van der Waals surface area contributed by atoms with Gasteiger partial charge in [-0.1, -0.05) is 6.42 Å². The van der Waals surface area contributed by atoms with Gasteiger partial charge in [-0.05, 0) is 25.5 Å². The summed E-state index contributed by atoms with van der Waals surface area (Å²) in [6.45, 7) is 0.362. The molecule has 13 heteroatoms. The van der Waals surface area contributed by atoms with Crippen molar-refractivity contribution in [1.82, 2.24) is 15.3 Å². The zero-order chi connectivity index (χ0) is 19.3. The number of fused-ring (bicyclic) bond motifs is 1. The molecule has 0 bridgehead atoms. The molecule has 1 aromatic heterocycles. The smallest absolute Gasteiger partial charge is 0.320 e. The summed E-state index contributed by atoms with van der Waals surface area (Å²) in [5, 5.41) is 23.3. The van der Waals surface area contributed by atoms with Gasteiger partial charge in [0.2, 0.25) is 0 Å². The molecular formula is C15H21Br2N5O6. The van der Waals surface area contributed by atoms with Gasteiger partial charge in [-0.25, -0.2) is 0 Å². The molecule has 6 N–H and O–H groups in total. The molecule has 11 nitrogen and oxygen atoms in total. The Morgan fingerprint density at radius 2 is 1.75 bits per heavy atom. The third-order valence-corrected chi connectivity index (χ3v) is 3.90. The van der Waals surface area contributed by atoms with Gasteiger partial charge >= 0.3 is 17.1 Å². The Morgan fingerprint density at radius 3 is 2.25 bits per heavy atom. The summed E-state index contributed by atoms with van der Waals surface area (Å²) in [4.78, 5) is 49.4. The van der Waals surface area contributed by atoms with Crippen LogP contribution in [0.2, 0.25) is 0 Å². The molecule has 0 fully saturated rings. The number of unbranched alkanes of at least 4 members (excludes halogenated alkanes) is 1. The lowest BCUT2D eigenvalue weighted by molar-refractivity contribution is -0.385. The minimum Gasteiger partial charge on any atom is -0.480 e. The number of nitro benzene ring substituents is 1. The number of hydrogen-bond acceptors (Lipinski definition) is 7. The molecule has 0 aliphatic heterocycles. The first-order valence-electron chi connectivity index (χ1n) is 7.93. The van der Waals surface area contributed by atoms with E-state index in [1.807, 2.05) is 0 Å². The predicted molar refractivity (Wildman–Crippen MR) is 114 cm³/mol. The van der Waals surface area contributed by atoms with E-state index in [1.165, 1.54) is 6.07 Å². The topological polar surface area (TPSA) is 184 Å². The van der Waals surface area contributed by atoms with E-state index >= 15 is 0 Å². The molecule has 1 heterocycles. The van der Waals surface area contributed by atoms with Crippen molar-refractivity contribution >= 4 is 56.7 Å². The Hall–Kier alpha value is -2.09. The first-order valence-corrected chi connectivity index (χ1v) is 7.93. The van der Waals surface area contributed by atoms with Crippen LogP contribution >= 0.6 is 34.0 Å². The van der Waals surface area contributed by atoms with Crippen molar-refractivity contribution in [2.45, 2.75) is 31.8 Å². The number of carbonyl (C=O) groups is 1. The minimum atomic E-state index is -1.07. The number of nitrogens with one attached hydrogen (secondary N) is 3. The average Bonchev–Trinajstić information content (AvgIpc) is 2.58. The maximum atomic E-state index is 11.4. The quantitative estimate of drug-likeness (QED) is 0.138. The van der Waals surface area contributed by atoms with E-state index in [4.69, 9.17) is 5.73 Å². The lowest BCUT2D eigenvalue weighted by Gasteiger charge is -2.14. The van der Waals surface area contributed by atoms with Gasteiger partial charge in [0.15, 0.2) is 0 Å². The molecular weight excluding hydrogens is 506 g/mol. The molecule has 0 radical (unpaired) electrons. The summed E-state index contributed by atoms with van der Waals surface area (Å²) in [5.41, 5.74) is 3.82. The highest BCUT2D eigenvalue weighted by molar-refractivity contribution is 8.93. The Morgan fingerprint density at radius 1 is 1.18 bits per heavy atom. The van der Waals surface area contributed by atoms with Gasteiger partial charge in [0.1, 0.15) is 6.04 Å². The summed E-state index contributed by atoms with van der Waals surface area (Å²) in [6, 6.07) is 1.59. The van der Waals surface area contributed by atoms with Crippen molar-refractivity contribution in [1.29, 1.82) is 0 Å². The molecule has 0 unspecified atom stereocenters. The number of carboxylic acid groups (broad SMARTS) is 1. The summed E-state index contributed by atoms with van der Waals surface area (Å²) < 4.78 is 0. The second-order valence-electron chi connectivity index (χ2n) is 5.75. The summed E-state index contributed by atoms with van der Waals surface area (Å²) >= 11 is 0. The van der Waals surface area contributed by atoms with E-state index in [-0.39, 0.29) is 62.8 Å². The molecule has 0 aliphatic carbocycles. The Kier molecular flexibility index (Phi) is 10.8. The molecule has 1 atom stereocenters. The van der Waals surface area contributed by atoms with Gasteiger partial charge in [-0.15, -0.1) is 34.0 Å². The number of hydrogen-bond donors (Lipinski definition) is 5. The number of carboxylic acids is 1. The largest absolute Gasteiger partial charge is 0.480 e. The van der Waals surface area contributed by atoms with E-state index in [1.54, 1.807) is 0 Å². The molecule has 2 rings (SSSR count). The molecule has 0 amide bonds. The first kappa shape index (κ1) is 25.9. The molecule has 0 spiro atoms. The molecule has 0 aliphatic rings. The van der Waals surface area contributed by atoms with Crippen LogP contribution in [-0.2, 0) is 11.3 Å². The lowest BCUT2D eigenvalue weighted by atomic mass is 10.1. The Balaban J connectivity index is 0.00000364. The van der Waals surface area contributed by atoms with Gasteiger partial charge < -0.3 is 26.1 Å². The zero-order valence-electron chi connectivity index (χ0n) is 14.6. The first-order chi connectivity index (χ1) is 12.3. The van der Waals surface area contributed by atoms with E-state index in [2.05, 4.69) is 15.3 Å². The third-order valence-electron chi connectivity index (χ3n) is 3.90. The number of aromatic nitrogens is 2. The van der Waals surface area contributed by atoms with Crippen molar-refractivity contribution in [3.63, 3.8) is 0 Å². The number of aromatic amines is 2. The standard InChI is InChI=1S/C15H19N5O6.2BrH/c16-4-2-1-3-9(15(23)24)17-7-8-5-10-11(6-12(8)20(25)26)19-14(22)13(21)18-10;;/h5-6,9,17H,1-4,7,16H2,(H,18,21)(H,19,22)(H,23,24);2*1H/t9-;;/m0../s1. The van der Waals surface area contributed by atoms with Gasteiger partial charge in [0.05, 0.1) is 16.0 Å². The zero-order valence-corrected chi connectivity index (χ0v) is 18.0. The van der Waals surface area contributed by atoms with Crippen molar-refractivity contribution in [3.05, 3.63) is 48.5 Å². The van der Waals surface area contributed by atoms with Crippen LogP contribution in [0.15, 0.2) is 21.7 Å². The number of nitrogens with two attached hydrogens (primary N) is 1. The molecule has 0 saturated carbocycles. The van der Waals surface area contributed by atoms with Crippen molar-refractivity contribution in [3.8, 4) is 0 Å². The normalized spacial score (nSPS) is 11.3. The highest BCUT2D eigenvalue weighted by Crippen LogP contribution is 2.23. The van der Waals surface area contributed by atoms with E-state index in [9.17, 15) is 29.6 Å². The van der Waals surface area contributed by atoms with Crippen molar-refractivity contribution < 1.29 is 14.8 Å². The van der Waals surface area contributed by atoms with Crippen LogP contribution in [-0.4, -0.2) is 38.6 Å². The lowest BCUT2D eigenvalue weighted by Crippen LogP contribution is -2.36. The fourth-order valence-corrected chi connectivity index (χ4v) is 2.55. The summed E-state index contributed by atoms with van der Waals surface area (Å²) in [7, 11) is 0. The van der Waals surface area contributed by atoms with Crippen LogP contribution in [0.25, 0.3) is 11.0 Å². The summed E-state index contributed by atoms with van der Waals surface area (Å²) in [6.07, 6.45) is 1.61. The van der Waals surface area contributed by atoms with Gasteiger partial charge in [-0.2, -0.15) is 0 Å². The maximum absolute atomic E-state index is 11.4. The van der Waals surface area contributed by atoms with E-state index < -0.39 is 28.1 Å². The van der Waals surface area contributed by atoms with Crippen molar-refractivity contribution in [2.75, 3.05) is 6.54 Å². The van der Waals surface area contributed by atoms with Crippen molar-refractivity contribution in [2.24, 2.45) is 5.73 Å². The number of aliphatic carboxylic acids is 1. The van der Waals surface area contributed by atoms with Gasteiger partial charge in [0, 0.05) is 18.2 Å². The van der Waals surface area contributed by atoms with E-state index in [0.717, 1.165) is 6.07 Å². The highest BCUT2D eigenvalue weighted by atomic mass is 79.9. The maximum Gasteiger partial charge on any atom is 0.320 e. The average molecular weight is 527 g/mol. The van der Waals surface area contributed by atoms with Crippen LogP contribution < -0.4 is 22.2 Å². The molecule has 2 aromatic rings. The molecule has 1 aromatic carbocycles. The fraction of sp³-hybridized carbons (Fsp3) is 0.400.